The zero-order chi connectivity index (χ0) is 14.3. The van der Waals surface area contributed by atoms with Crippen LogP contribution in [-0.2, 0) is 16.6 Å². The molecule has 2 atom stereocenters. The number of methoxy groups -OCH3 is 1. The first-order valence-electron chi connectivity index (χ1n) is 7.16. The lowest BCUT2D eigenvalue weighted by atomic mass is 9.58. The highest BCUT2D eigenvalue weighted by Gasteiger charge is 2.50. The number of hydrogen-bond donors (Lipinski definition) is 1. The maximum atomic E-state index is 12.1. The quantitative estimate of drug-likeness (QED) is 0.841. The minimum Gasteiger partial charge on any atom is -0.497 e. The van der Waals surface area contributed by atoms with E-state index in [2.05, 4.69) is 13.0 Å². The molecule has 106 valence electrons. The van der Waals surface area contributed by atoms with Crippen LogP contribution in [0, 0.1) is 12.8 Å². The van der Waals surface area contributed by atoms with E-state index in [1.807, 2.05) is 18.2 Å². The maximum absolute atomic E-state index is 12.1. The Labute approximate surface area is 119 Å². The van der Waals surface area contributed by atoms with Gasteiger partial charge in [-0.3, -0.25) is 4.79 Å². The smallest absolute Gasteiger partial charge is 0.314 e. The zero-order valence-corrected chi connectivity index (χ0v) is 12.0. The van der Waals surface area contributed by atoms with Crippen molar-refractivity contribution in [2.75, 3.05) is 7.11 Å². The van der Waals surface area contributed by atoms with Gasteiger partial charge in [0.1, 0.15) is 5.75 Å². The molecule has 1 aromatic rings. The van der Waals surface area contributed by atoms with Crippen molar-refractivity contribution < 1.29 is 14.6 Å². The Morgan fingerprint density at radius 2 is 2.20 bits per heavy atom. The number of fused-ring (bicyclic) bond motifs is 3. The summed E-state index contributed by atoms with van der Waals surface area (Å²) < 4.78 is 5.35. The molecule has 1 aromatic carbocycles. The topological polar surface area (TPSA) is 46.5 Å². The Kier molecular flexibility index (Phi) is 3.08. The first-order valence-corrected chi connectivity index (χ1v) is 7.16. The van der Waals surface area contributed by atoms with Gasteiger partial charge in [-0.15, -0.1) is 0 Å². The highest BCUT2D eigenvalue weighted by molar-refractivity contribution is 5.84. The number of aryl methyl sites for hydroxylation is 1. The third kappa shape index (κ3) is 1.69. The Morgan fingerprint density at radius 3 is 2.90 bits per heavy atom. The molecule has 2 aliphatic carbocycles. The van der Waals surface area contributed by atoms with Crippen molar-refractivity contribution >= 4 is 5.97 Å². The summed E-state index contributed by atoms with van der Waals surface area (Å²) in [7, 11) is 1.63. The average Bonchev–Trinajstić information content (AvgIpc) is 2.46. The average molecular weight is 272 g/mol. The van der Waals surface area contributed by atoms with Gasteiger partial charge in [-0.05, 0) is 67.3 Å². The first-order chi connectivity index (χ1) is 9.59. The Balaban J connectivity index is 2.26. The molecular weight excluding hydrogens is 252 g/mol. The summed E-state index contributed by atoms with van der Waals surface area (Å²) in [5.41, 5.74) is 2.57. The number of carboxylic acids is 1. The summed E-state index contributed by atoms with van der Waals surface area (Å²) in [5, 5.41) is 9.95. The molecule has 0 fully saturated rings. The molecule has 0 amide bonds. The van der Waals surface area contributed by atoms with Crippen molar-refractivity contribution in [3.8, 4) is 5.75 Å². The maximum Gasteiger partial charge on any atom is 0.314 e. The minimum atomic E-state index is -0.762. The van der Waals surface area contributed by atoms with Gasteiger partial charge in [0.25, 0.3) is 0 Å². The van der Waals surface area contributed by atoms with Gasteiger partial charge in [0, 0.05) is 0 Å². The number of aliphatic carboxylic acids is 1. The van der Waals surface area contributed by atoms with Crippen molar-refractivity contribution in [1.82, 2.24) is 0 Å². The lowest BCUT2D eigenvalue weighted by Crippen LogP contribution is -2.47. The normalized spacial score (nSPS) is 27.6. The standard InChI is InChI=1S/C17H20O3/c1-11-9-13(20-2)10-15-14(11)7-6-12-5-3-4-8-17(12,15)16(18)19/h3-4,9-10,12H,5-8H2,1-2H3,(H,18,19)/t12-,17+/m0/s1. The van der Waals surface area contributed by atoms with E-state index in [9.17, 15) is 9.90 Å². The molecule has 0 saturated carbocycles. The molecule has 2 aliphatic rings. The fourth-order valence-corrected chi connectivity index (χ4v) is 3.92. The van der Waals surface area contributed by atoms with Crippen LogP contribution in [-0.4, -0.2) is 18.2 Å². The van der Waals surface area contributed by atoms with Gasteiger partial charge in [0.2, 0.25) is 0 Å². The molecular formula is C17H20O3. The van der Waals surface area contributed by atoms with Gasteiger partial charge in [-0.1, -0.05) is 12.2 Å². The molecule has 20 heavy (non-hydrogen) atoms. The Bertz CT molecular complexity index is 588. The van der Waals surface area contributed by atoms with Crippen LogP contribution in [0.25, 0.3) is 0 Å². The molecule has 0 radical (unpaired) electrons. The van der Waals surface area contributed by atoms with Crippen molar-refractivity contribution in [3.63, 3.8) is 0 Å². The van der Waals surface area contributed by atoms with Crippen LogP contribution < -0.4 is 4.74 Å². The molecule has 0 spiro atoms. The summed E-state index contributed by atoms with van der Waals surface area (Å²) >= 11 is 0. The van der Waals surface area contributed by atoms with Gasteiger partial charge in [-0.25, -0.2) is 0 Å². The monoisotopic (exact) mass is 272 g/mol. The summed E-state index contributed by atoms with van der Waals surface area (Å²) in [6, 6.07) is 3.95. The summed E-state index contributed by atoms with van der Waals surface area (Å²) in [5.74, 6) is 0.265. The minimum absolute atomic E-state index is 0.198. The van der Waals surface area contributed by atoms with E-state index in [0.717, 1.165) is 36.1 Å². The second-order valence-electron chi connectivity index (χ2n) is 5.89. The second kappa shape index (κ2) is 4.65. The molecule has 3 nitrogen and oxygen atoms in total. The summed E-state index contributed by atoms with van der Waals surface area (Å²) in [6.07, 6.45) is 7.53. The number of carbonyl (C=O) groups is 1. The molecule has 0 bridgehead atoms. The van der Waals surface area contributed by atoms with Gasteiger partial charge in [-0.2, -0.15) is 0 Å². The van der Waals surface area contributed by atoms with Crippen LogP contribution in [0.2, 0.25) is 0 Å². The van der Waals surface area contributed by atoms with Gasteiger partial charge < -0.3 is 9.84 Å². The zero-order valence-electron chi connectivity index (χ0n) is 12.0. The Morgan fingerprint density at radius 1 is 1.40 bits per heavy atom. The second-order valence-corrected chi connectivity index (χ2v) is 5.89. The number of benzene rings is 1. The lowest BCUT2D eigenvalue weighted by molar-refractivity contribution is -0.147. The van der Waals surface area contributed by atoms with Gasteiger partial charge >= 0.3 is 5.97 Å². The first kappa shape index (κ1) is 13.2. The van der Waals surface area contributed by atoms with E-state index < -0.39 is 11.4 Å². The van der Waals surface area contributed by atoms with Crippen LogP contribution in [0.3, 0.4) is 0 Å². The molecule has 0 unspecified atom stereocenters. The molecule has 0 aliphatic heterocycles. The van der Waals surface area contributed by atoms with Crippen molar-refractivity contribution in [1.29, 1.82) is 0 Å². The van der Waals surface area contributed by atoms with Crippen LogP contribution in [0.4, 0.5) is 0 Å². The predicted molar refractivity (Wildman–Crippen MR) is 77.2 cm³/mol. The van der Waals surface area contributed by atoms with Crippen LogP contribution in [0.5, 0.6) is 5.75 Å². The molecule has 0 heterocycles. The molecule has 3 rings (SSSR count). The van der Waals surface area contributed by atoms with Gasteiger partial charge in [0.15, 0.2) is 0 Å². The Hall–Kier alpha value is -1.77. The van der Waals surface area contributed by atoms with E-state index in [0.29, 0.717) is 6.42 Å². The molecule has 1 N–H and O–H groups in total. The summed E-state index contributed by atoms with van der Waals surface area (Å²) in [6.45, 7) is 2.05. The largest absolute Gasteiger partial charge is 0.497 e. The van der Waals surface area contributed by atoms with E-state index in [-0.39, 0.29) is 5.92 Å². The number of hydrogen-bond acceptors (Lipinski definition) is 2. The number of allylic oxidation sites excluding steroid dienone is 2. The summed E-state index contributed by atoms with van der Waals surface area (Å²) in [4.78, 5) is 12.1. The van der Waals surface area contributed by atoms with E-state index in [4.69, 9.17) is 4.74 Å². The predicted octanol–water partition coefficient (Wildman–Crippen LogP) is 3.24. The highest BCUT2D eigenvalue weighted by Crippen LogP contribution is 2.50. The van der Waals surface area contributed by atoms with E-state index in [1.165, 1.54) is 5.56 Å². The van der Waals surface area contributed by atoms with Crippen LogP contribution in [0.15, 0.2) is 24.3 Å². The van der Waals surface area contributed by atoms with E-state index >= 15 is 0 Å². The van der Waals surface area contributed by atoms with Crippen molar-refractivity contribution in [2.45, 2.75) is 38.0 Å². The fourth-order valence-electron chi connectivity index (χ4n) is 3.92. The highest BCUT2D eigenvalue weighted by atomic mass is 16.5. The van der Waals surface area contributed by atoms with Crippen LogP contribution >= 0.6 is 0 Å². The van der Waals surface area contributed by atoms with Crippen LogP contribution in [0.1, 0.15) is 36.0 Å². The van der Waals surface area contributed by atoms with Crippen molar-refractivity contribution in [2.24, 2.45) is 5.92 Å². The third-order valence-corrected chi connectivity index (χ3v) is 5.01. The van der Waals surface area contributed by atoms with Crippen molar-refractivity contribution in [3.05, 3.63) is 41.0 Å². The van der Waals surface area contributed by atoms with Gasteiger partial charge in [0.05, 0.1) is 12.5 Å². The molecule has 3 heteroatoms. The number of ether oxygens (including phenoxy) is 1. The lowest BCUT2D eigenvalue weighted by Gasteiger charge is -2.44. The SMILES string of the molecule is COc1cc(C)c2c(c1)[C@@]1(C(=O)O)CC=CC[C@H]1CC2. The molecule has 0 saturated heterocycles. The fraction of sp³-hybridized carbons (Fsp3) is 0.471. The number of carboxylic acid groups (broad SMARTS) is 1. The van der Waals surface area contributed by atoms with E-state index in [1.54, 1.807) is 7.11 Å². The third-order valence-electron chi connectivity index (χ3n) is 5.01. The number of rotatable bonds is 2. The molecule has 0 aromatic heterocycles.